The lowest BCUT2D eigenvalue weighted by Gasteiger charge is -2.21. The largest absolute Gasteiger partial charge is 0.391 e. The zero-order valence-corrected chi connectivity index (χ0v) is 12.3. The van der Waals surface area contributed by atoms with E-state index in [1.165, 1.54) is 0 Å². The van der Waals surface area contributed by atoms with Gasteiger partial charge in [-0.15, -0.1) is 0 Å². The van der Waals surface area contributed by atoms with Crippen molar-refractivity contribution in [1.82, 2.24) is 5.32 Å². The molecule has 0 aromatic rings. The average Bonchev–Trinajstić information content (AvgIpc) is 2.26. The Morgan fingerprint density at radius 1 is 1.21 bits per heavy atom. The van der Waals surface area contributed by atoms with E-state index < -0.39 is 18.2 Å². The molecule has 0 saturated carbocycles. The number of aliphatic hydroxyl groups is 1. The lowest BCUT2D eigenvalue weighted by molar-refractivity contribution is -0.123. The van der Waals surface area contributed by atoms with Gasteiger partial charge in [0.1, 0.15) is 0 Å². The molecule has 4 N–H and O–H groups in total. The summed E-state index contributed by atoms with van der Waals surface area (Å²) < 4.78 is 0. The number of nitrogens with two attached hydrogens (primary N) is 1. The standard InChI is InChI=1S/C14H27N2O3/c1-9(2)5-11(8-17)16-14(19)7-13(18)12(15)6-10(3)4/h9-13,18H,5-7,15H2,1-4H3,(H,16,19)/t11-,12-,13-/m0/s1. The molecular weight excluding hydrogens is 244 g/mol. The zero-order valence-electron chi connectivity index (χ0n) is 12.3. The molecular formula is C14H27N2O3. The second kappa shape index (κ2) is 9.04. The third kappa shape index (κ3) is 8.72. The third-order valence-electron chi connectivity index (χ3n) is 2.82. The van der Waals surface area contributed by atoms with E-state index in [1.54, 1.807) is 6.29 Å². The number of aliphatic hydroxyl groups excluding tert-OH is 1. The average molecular weight is 271 g/mol. The van der Waals surface area contributed by atoms with Crippen molar-refractivity contribution in [2.45, 2.75) is 65.1 Å². The summed E-state index contributed by atoms with van der Waals surface area (Å²) in [6.07, 6.45) is 2.05. The van der Waals surface area contributed by atoms with Crippen LogP contribution in [-0.4, -0.2) is 35.5 Å². The van der Waals surface area contributed by atoms with Crippen molar-refractivity contribution in [3.63, 3.8) is 0 Å². The number of carbonyl (C=O) groups excluding carboxylic acids is 2. The summed E-state index contributed by atoms with van der Waals surface area (Å²) >= 11 is 0. The minimum Gasteiger partial charge on any atom is -0.391 e. The molecule has 0 aromatic carbocycles. The molecule has 0 rings (SSSR count). The van der Waals surface area contributed by atoms with Gasteiger partial charge in [-0.3, -0.25) is 9.59 Å². The zero-order chi connectivity index (χ0) is 15.0. The van der Waals surface area contributed by atoms with Crippen molar-refractivity contribution in [1.29, 1.82) is 0 Å². The lowest BCUT2D eigenvalue weighted by Crippen LogP contribution is -2.43. The molecule has 0 aromatic heterocycles. The Balaban J connectivity index is 4.17. The summed E-state index contributed by atoms with van der Waals surface area (Å²) in [6, 6.07) is -1.03. The fourth-order valence-electron chi connectivity index (χ4n) is 1.90. The number of hydrogen-bond acceptors (Lipinski definition) is 4. The molecule has 0 unspecified atom stereocenters. The number of rotatable bonds is 9. The van der Waals surface area contributed by atoms with Crippen molar-refractivity contribution in [3.05, 3.63) is 0 Å². The highest BCUT2D eigenvalue weighted by Gasteiger charge is 2.21. The van der Waals surface area contributed by atoms with E-state index in [0.29, 0.717) is 24.7 Å². The van der Waals surface area contributed by atoms with Crippen molar-refractivity contribution < 1.29 is 14.7 Å². The topological polar surface area (TPSA) is 92.4 Å². The van der Waals surface area contributed by atoms with Crippen LogP contribution in [0.1, 0.15) is 47.0 Å². The summed E-state index contributed by atoms with van der Waals surface area (Å²) in [5.74, 6) is 0.297. The molecule has 0 heterocycles. The van der Waals surface area contributed by atoms with Crippen LogP contribution in [0, 0.1) is 11.8 Å². The molecule has 0 spiro atoms. The van der Waals surface area contributed by atoms with Gasteiger partial charge in [0, 0.05) is 6.04 Å². The van der Waals surface area contributed by atoms with Crippen LogP contribution < -0.4 is 11.1 Å². The monoisotopic (exact) mass is 271 g/mol. The van der Waals surface area contributed by atoms with Gasteiger partial charge < -0.3 is 16.2 Å². The van der Waals surface area contributed by atoms with Crippen molar-refractivity contribution in [3.8, 4) is 0 Å². The summed E-state index contributed by atoms with van der Waals surface area (Å²) in [4.78, 5) is 22.4. The van der Waals surface area contributed by atoms with Crippen LogP contribution >= 0.6 is 0 Å². The number of nitrogens with one attached hydrogen (secondary N) is 1. The highest BCUT2D eigenvalue weighted by atomic mass is 16.3. The van der Waals surface area contributed by atoms with Gasteiger partial charge in [-0.1, -0.05) is 27.7 Å². The van der Waals surface area contributed by atoms with E-state index in [9.17, 15) is 14.7 Å². The quantitative estimate of drug-likeness (QED) is 0.577. The Kier molecular flexibility index (Phi) is 8.59. The normalized spacial score (nSPS) is 16.2. The number of hydrogen-bond donors (Lipinski definition) is 3. The first-order valence-corrected chi connectivity index (χ1v) is 6.86. The second-order valence-corrected chi connectivity index (χ2v) is 5.93. The number of amides is 1. The van der Waals surface area contributed by atoms with Gasteiger partial charge in [-0.2, -0.15) is 0 Å². The molecule has 111 valence electrons. The predicted octanol–water partition coefficient (Wildman–Crippen LogP) is 0.751. The highest BCUT2D eigenvalue weighted by Crippen LogP contribution is 2.09. The molecule has 0 aliphatic rings. The Labute approximate surface area is 115 Å². The Hall–Kier alpha value is -0.940. The van der Waals surface area contributed by atoms with E-state index in [0.717, 1.165) is 0 Å². The summed E-state index contributed by atoms with van der Waals surface area (Å²) in [5, 5.41) is 12.4. The molecule has 0 aliphatic carbocycles. The minimum absolute atomic E-state index is 0.0792. The molecule has 5 nitrogen and oxygen atoms in total. The second-order valence-electron chi connectivity index (χ2n) is 5.93. The molecule has 19 heavy (non-hydrogen) atoms. The molecule has 1 amide bonds. The minimum atomic E-state index is -0.881. The fraction of sp³-hybridized carbons (Fsp3) is 0.857. The van der Waals surface area contributed by atoms with Crippen LogP contribution in [0.3, 0.4) is 0 Å². The van der Waals surface area contributed by atoms with Gasteiger partial charge in [0.05, 0.1) is 18.6 Å². The van der Waals surface area contributed by atoms with E-state index in [1.807, 2.05) is 27.7 Å². The SMILES string of the molecule is CC(C)C[C@@H]([C]=O)NC(=O)C[C@H](O)[C@@H](N)CC(C)C. The summed E-state index contributed by atoms with van der Waals surface area (Å²) in [7, 11) is 0. The van der Waals surface area contributed by atoms with E-state index >= 15 is 0 Å². The first-order valence-electron chi connectivity index (χ1n) is 6.86. The smallest absolute Gasteiger partial charge is 0.223 e. The maximum absolute atomic E-state index is 11.7. The van der Waals surface area contributed by atoms with Gasteiger partial charge in [0.25, 0.3) is 0 Å². The Morgan fingerprint density at radius 2 is 1.74 bits per heavy atom. The number of carbonyl (C=O) groups is 1. The Morgan fingerprint density at radius 3 is 2.16 bits per heavy atom. The van der Waals surface area contributed by atoms with Crippen LogP contribution in [-0.2, 0) is 9.59 Å². The maximum atomic E-state index is 11.7. The van der Waals surface area contributed by atoms with Crippen molar-refractivity contribution in [2.24, 2.45) is 17.6 Å². The molecule has 0 aliphatic heterocycles. The molecule has 1 radical (unpaired) electrons. The molecule has 0 saturated heterocycles. The van der Waals surface area contributed by atoms with Crippen LogP contribution in [0.25, 0.3) is 0 Å². The van der Waals surface area contributed by atoms with Crippen molar-refractivity contribution >= 4 is 12.2 Å². The lowest BCUT2D eigenvalue weighted by atomic mass is 9.98. The molecule has 0 fully saturated rings. The van der Waals surface area contributed by atoms with Crippen LogP contribution in [0.15, 0.2) is 0 Å². The predicted molar refractivity (Wildman–Crippen MR) is 75.1 cm³/mol. The molecule has 0 bridgehead atoms. The van der Waals surface area contributed by atoms with Gasteiger partial charge in [-0.25, -0.2) is 0 Å². The van der Waals surface area contributed by atoms with Crippen molar-refractivity contribution in [2.75, 3.05) is 0 Å². The van der Waals surface area contributed by atoms with Gasteiger partial charge in [-0.05, 0) is 24.7 Å². The van der Waals surface area contributed by atoms with Gasteiger partial charge in [0.15, 0.2) is 0 Å². The fourth-order valence-corrected chi connectivity index (χ4v) is 1.90. The first-order chi connectivity index (χ1) is 8.76. The van der Waals surface area contributed by atoms with Crippen LogP contribution in [0.4, 0.5) is 0 Å². The molecule has 3 atom stereocenters. The van der Waals surface area contributed by atoms with Crippen LogP contribution in [0.2, 0.25) is 0 Å². The Bertz CT molecular complexity index is 280. The van der Waals surface area contributed by atoms with Crippen LogP contribution in [0.5, 0.6) is 0 Å². The van der Waals surface area contributed by atoms with Gasteiger partial charge >= 0.3 is 0 Å². The highest BCUT2D eigenvalue weighted by molar-refractivity contribution is 5.80. The summed E-state index contributed by atoms with van der Waals surface area (Å²) in [6.45, 7) is 7.94. The summed E-state index contributed by atoms with van der Waals surface area (Å²) in [5.41, 5.74) is 5.80. The van der Waals surface area contributed by atoms with E-state index in [4.69, 9.17) is 5.73 Å². The van der Waals surface area contributed by atoms with E-state index in [2.05, 4.69) is 5.32 Å². The van der Waals surface area contributed by atoms with E-state index in [-0.39, 0.29) is 12.3 Å². The first kappa shape index (κ1) is 18.1. The maximum Gasteiger partial charge on any atom is 0.223 e. The van der Waals surface area contributed by atoms with Gasteiger partial charge in [0.2, 0.25) is 12.2 Å². The third-order valence-corrected chi connectivity index (χ3v) is 2.82. The molecule has 5 heteroatoms.